The van der Waals surface area contributed by atoms with Gasteiger partial charge in [0, 0.05) is 32.4 Å². The van der Waals surface area contributed by atoms with Crippen molar-refractivity contribution in [3.05, 3.63) is 24.0 Å². The number of nitrogens with one attached hydrogen (secondary N) is 1. The van der Waals surface area contributed by atoms with Gasteiger partial charge in [-0.1, -0.05) is 6.92 Å². The van der Waals surface area contributed by atoms with E-state index >= 15 is 0 Å². The molecule has 0 unspecified atom stereocenters. The summed E-state index contributed by atoms with van der Waals surface area (Å²) in [6, 6.07) is 4.20. The predicted octanol–water partition coefficient (Wildman–Crippen LogP) is 1.05. The first kappa shape index (κ1) is 9.46. The van der Waals surface area contributed by atoms with E-state index in [0.717, 1.165) is 32.6 Å². The Morgan fingerprint density at radius 1 is 1.43 bits per heavy atom. The summed E-state index contributed by atoms with van der Waals surface area (Å²) in [5.74, 6) is 0. The van der Waals surface area contributed by atoms with Gasteiger partial charge in [0.05, 0.1) is 11.4 Å². The van der Waals surface area contributed by atoms with Crippen LogP contribution in [0.2, 0.25) is 0 Å². The lowest BCUT2D eigenvalue weighted by atomic mass is 10.2. The molecule has 1 aliphatic heterocycles. The van der Waals surface area contributed by atoms with E-state index in [4.69, 9.17) is 0 Å². The molecule has 1 saturated heterocycles. The highest BCUT2D eigenvalue weighted by molar-refractivity contribution is 5.50. The van der Waals surface area contributed by atoms with Crippen LogP contribution in [0.25, 0.3) is 0 Å². The first-order valence-electron chi connectivity index (χ1n) is 5.31. The molecule has 3 nitrogen and oxygen atoms in total. The van der Waals surface area contributed by atoms with Gasteiger partial charge in [-0.3, -0.25) is 4.98 Å². The van der Waals surface area contributed by atoms with Crippen molar-refractivity contribution >= 4 is 5.69 Å². The molecule has 1 aromatic rings. The SMILES string of the molecule is CCc1ncccc1N1CCNCC1. The number of aromatic nitrogens is 1. The van der Waals surface area contributed by atoms with E-state index in [0.29, 0.717) is 0 Å². The van der Waals surface area contributed by atoms with Gasteiger partial charge in [-0.05, 0) is 18.6 Å². The summed E-state index contributed by atoms with van der Waals surface area (Å²) in [7, 11) is 0. The van der Waals surface area contributed by atoms with Crippen molar-refractivity contribution in [1.29, 1.82) is 0 Å². The monoisotopic (exact) mass is 191 g/mol. The van der Waals surface area contributed by atoms with E-state index in [1.54, 1.807) is 0 Å². The highest BCUT2D eigenvalue weighted by atomic mass is 15.2. The van der Waals surface area contributed by atoms with Crippen molar-refractivity contribution in [3.8, 4) is 0 Å². The summed E-state index contributed by atoms with van der Waals surface area (Å²) >= 11 is 0. The molecule has 1 N–H and O–H groups in total. The molecular weight excluding hydrogens is 174 g/mol. The van der Waals surface area contributed by atoms with Gasteiger partial charge in [-0.15, -0.1) is 0 Å². The third-order valence-electron chi connectivity index (χ3n) is 2.66. The molecule has 0 atom stereocenters. The predicted molar refractivity (Wildman–Crippen MR) is 58.7 cm³/mol. The van der Waals surface area contributed by atoms with Crippen LogP contribution in [0, 0.1) is 0 Å². The highest BCUT2D eigenvalue weighted by Crippen LogP contribution is 2.18. The minimum absolute atomic E-state index is 1.01. The van der Waals surface area contributed by atoms with Crippen LogP contribution < -0.4 is 10.2 Å². The maximum absolute atomic E-state index is 4.41. The Kier molecular flexibility index (Phi) is 2.99. The Morgan fingerprint density at radius 2 is 2.21 bits per heavy atom. The quantitative estimate of drug-likeness (QED) is 0.757. The number of anilines is 1. The molecule has 0 aliphatic carbocycles. The Hall–Kier alpha value is -1.09. The maximum Gasteiger partial charge on any atom is 0.0633 e. The maximum atomic E-state index is 4.41. The first-order valence-corrected chi connectivity index (χ1v) is 5.31. The molecule has 1 aromatic heterocycles. The number of nitrogens with zero attached hydrogens (tertiary/aromatic N) is 2. The summed E-state index contributed by atoms with van der Waals surface area (Å²) in [5.41, 5.74) is 2.53. The fourth-order valence-corrected chi connectivity index (χ4v) is 1.90. The second kappa shape index (κ2) is 4.42. The summed E-state index contributed by atoms with van der Waals surface area (Å²) in [6.07, 6.45) is 2.89. The molecule has 14 heavy (non-hydrogen) atoms. The molecule has 2 rings (SSSR count). The molecule has 1 aliphatic rings. The van der Waals surface area contributed by atoms with Crippen molar-refractivity contribution < 1.29 is 0 Å². The number of hydrogen-bond acceptors (Lipinski definition) is 3. The minimum atomic E-state index is 1.01. The molecule has 0 saturated carbocycles. The topological polar surface area (TPSA) is 28.2 Å². The van der Waals surface area contributed by atoms with Gasteiger partial charge >= 0.3 is 0 Å². The molecule has 0 spiro atoms. The van der Waals surface area contributed by atoms with E-state index in [2.05, 4.69) is 28.2 Å². The zero-order valence-corrected chi connectivity index (χ0v) is 8.66. The Balaban J connectivity index is 2.20. The lowest BCUT2D eigenvalue weighted by Gasteiger charge is -2.30. The van der Waals surface area contributed by atoms with Gasteiger partial charge in [0.15, 0.2) is 0 Å². The number of pyridine rings is 1. The van der Waals surface area contributed by atoms with Gasteiger partial charge in [0.25, 0.3) is 0 Å². The van der Waals surface area contributed by atoms with Crippen LogP contribution in [-0.2, 0) is 6.42 Å². The highest BCUT2D eigenvalue weighted by Gasteiger charge is 2.13. The lowest BCUT2D eigenvalue weighted by molar-refractivity contribution is 0.587. The van der Waals surface area contributed by atoms with E-state index in [-0.39, 0.29) is 0 Å². The summed E-state index contributed by atoms with van der Waals surface area (Å²) in [6.45, 7) is 6.52. The van der Waals surface area contributed by atoms with Gasteiger partial charge in [-0.2, -0.15) is 0 Å². The number of aryl methyl sites for hydroxylation is 1. The molecule has 0 amide bonds. The summed E-state index contributed by atoms with van der Waals surface area (Å²) in [5, 5.41) is 3.36. The number of piperazine rings is 1. The largest absolute Gasteiger partial charge is 0.368 e. The minimum Gasteiger partial charge on any atom is -0.368 e. The zero-order valence-electron chi connectivity index (χ0n) is 8.66. The average Bonchev–Trinajstić information content (AvgIpc) is 2.30. The average molecular weight is 191 g/mol. The molecule has 0 radical (unpaired) electrons. The van der Waals surface area contributed by atoms with Gasteiger partial charge in [0.2, 0.25) is 0 Å². The normalized spacial score (nSPS) is 17.1. The third kappa shape index (κ3) is 1.87. The van der Waals surface area contributed by atoms with E-state index in [1.165, 1.54) is 11.4 Å². The van der Waals surface area contributed by atoms with Crippen LogP contribution in [0.4, 0.5) is 5.69 Å². The zero-order chi connectivity index (χ0) is 9.80. The van der Waals surface area contributed by atoms with Crippen molar-refractivity contribution in [1.82, 2.24) is 10.3 Å². The van der Waals surface area contributed by atoms with Crippen LogP contribution in [0.3, 0.4) is 0 Å². The van der Waals surface area contributed by atoms with Crippen LogP contribution in [0.1, 0.15) is 12.6 Å². The van der Waals surface area contributed by atoms with Crippen molar-refractivity contribution in [2.75, 3.05) is 31.1 Å². The second-order valence-electron chi connectivity index (χ2n) is 3.56. The Bertz CT molecular complexity index is 292. The Morgan fingerprint density at radius 3 is 2.93 bits per heavy atom. The molecule has 76 valence electrons. The van der Waals surface area contributed by atoms with Crippen molar-refractivity contribution in [3.63, 3.8) is 0 Å². The number of rotatable bonds is 2. The lowest BCUT2D eigenvalue weighted by Crippen LogP contribution is -2.43. The molecular formula is C11H17N3. The molecule has 1 fully saturated rings. The van der Waals surface area contributed by atoms with Crippen LogP contribution in [0.15, 0.2) is 18.3 Å². The molecule has 3 heteroatoms. The third-order valence-corrected chi connectivity index (χ3v) is 2.66. The van der Waals surface area contributed by atoms with E-state index in [1.807, 2.05) is 12.3 Å². The van der Waals surface area contributed by atoms with Crippen LogP contribution in [0.5, 0.6) is 0 Å². The fraction of sp³-hybridized carbons (Fsp3) is 0.545. The van der Waals surface area contributed by atoms with Crippen LogP contribution in [-0.4, -0.2) is 31.2 Å². The van der Waals surface area contributed by atoms with Crippen LogP contribution >= 0.6 is 0 Å². The van der Waals surface area contributed by atoms with Crippen molar-refractivity contribution in [2.45, 2.75) is 13.3 Å². The molecule has 2 heterocycles. The van der Waals surface area contributed by atoms with E-state index < -0.39 is 0 Å². The van der Waals surface area contributed by atoms with Gasteiger partial charge in [-0.25, -0.2) is 0 Å². The number of hydrogen-bond donors (Lipinski definition) is 1. The van der Waals surface area contributed by atoms with Gasteiger partial charge < -0.3 is 10.2 Å². The molecule has 0 bridgehead atoms. The smallest absolute Gasteiger partial charge is 0.0633 e. The molecule has 0 aromatic carbocycles. The Labute approximate surface area is 85.1 Å². The fourth-order valence-electron chi connectivity index (χ4n) is 1.90. The standard InChI is InChI=1S/C11H17N3/c1-2-10-11(4-3-5-13-10)14-8-6-12-7-9-14/h3-5,12H,2,6-9H2,1H3. The summed E-state index contributed by atoms with van der Waals surface area (Å²) in [4.78, 5) is 6.83. The summed E-state index contributed by atoms with van der Waals surface area (Å²) < 4.78 is 0. The van der Waals surface area contributed by atoms with Crippen molar-refractivity contribution in [2.24, 2.45) is 0 Å². The first-order chi connectivity index (χ1) is 6.92. The van der Waals surface area contributed by atoms with Gasteiger partial charge in [0.1, 0.15) is 0 Å². The second-order valence-corrected chi connectivity index (χ2v) is 3.56. The van der Waals surface area contributed by atoms with E-state index in [9.17, 15) is 0 Å².